The van der Waals surface area contributed by atoms with Gasteiger partial charge in [0.1, 0.15) is 11.1 Å². The van der Waals surface area contributed by atoms with E-state index in [-0.39, 0.29) is 11.5 Å². The number of thiazole rings is 1. The van der Waals surface area contributed by atoms with E-state index in [4.69, 9.17) is 0 Å². The molecule has 0 saturated carbocycles. The average Bonchev–Trinajstić information content (AvgIpc) is 3.23. The number of hydrogen-bond acceptors (Lipinski definition) is 5. The average molecular weight is 478 g/mol. The van der Waals surface area contributed by atoms with E-state index < -0.39 is 17.0 Å². The summed E-state index contributed by atoms with van der Waals surface area (Å²) in [4.78, 5) is 30.7. The molecule has 1 unspecified atom stereocenters. The molecule has 4 aromatic rings. The lowest BCUT2D eigenvalue weighted by atomic mass is 10.1. The van der Waals surface area contributed by atoms with Gasteiger partial charge in [-0.3, -0.25) is 9.59 Å². The zero-order chi connectivity index (χ0) is 23.2. The number of nitrogens with one attached hydrogen (secondary N) is 2. The van der Waals surface area contributed by atoms with Crippen molar-refractivity contribution in [2.45, 2.75) is 17.1 Å². The van der Waals surface area contributed by atoms with Gasteiger partial charge >= 0.3 is 0 Å². The highest BCUT2D eigenvalue weighted by atomic mass is 32.2. The Morgan fingerprint density at radius 3 is 2.45 bits per heavy atom. The van der Waals surface area contributed by atoms with Gasteiger partial charge in [0.25, 0.3) is 5.91 Å². The highest BCUT2D eigenvalue weighted by molar-refractivity contribution is 8.00. The maximum absolute atomic E-state index is 13.9. The molecule has 2 amide bonds. The summed E-state index contributed by atoms with van der Waals surface area (Å²) in [6.07, 6.45) is 0. The number of carbonyl (C=O) groups is 2. The Kier molecular flexibility index (Phi) is 7.16. The molecule has 33 heavy (non-hydrogen) atoms. The standard InChI is InChI=1S/C25H20FN3O2S2/c1-16-15-32-25(27-16)29-24(31)22(17-8-3-2-4-9-17)33-19-11-7-10-18(14-19)28-23(30)20-12-5-6-13-21(20)26/h2-15,22H,1H3,(H,28,30)(H,27,29,31). The third-order valence-electron chi connectivity index (χ3n) is 4.65. The predicted molar refractivity (Wildman–Crippen MR) is 131 cm³/mol. The first-order chi connectivity index (χ1) is 16.0. The van der Waals surface area contributed by atoms with Gasteiger partial charge in [0.15, 0.2) is 5.13 Å². The minimum absolute atomic E-state index is 0.0316. The van der Waals surface area contributed by atoms with Crippen LogP contribution in [0.1, 0.15) is 26.9 Å². The minimum Gasteiger partial charge on any atom is -0.322 e. The van der Waals surface area contributed by atoms with Crippen LogP contribution in [0.3, 0.4) is 0 Å². The molecule has 1 heterocycles. The Hall–Kier alpha value is -3.49. The molecule has 1 atom stereocenters. The van der Waals surface area contributed by atoms with E-state index in [9.17, 15) is 14.0 Å². The topological polar surface area (TPSA) is 71.1 Å². The van der Waals surface area contributed by atoms with E-state index in [0.29, 0.717) is 10.8 Å². The molecule has 166 valence electrons. The van der Waals surface area contributed by atoms with Crippen LogP contribution < -0.4 is 10.6 Å². The zero-order valence-electron chi connectivity index (χ0n) is 17.6. The summed E-state index contributed by atoms with van der Waals surface area (Å²) in [5.41, 5.74) is 2.17. The fraction of sp³-hybridized carbons (Fsp3) is 0.0800. The van der Waals surface area contributed by atoms with Crippen LogP contribution in [0.4, 0.5) is 15.2 Å². The maximum Gasteiger partial charge on any atom is 0.258 e. The summed E-state index contributed by atoms with van der Waals surface area (Å²) in [7, 11) is 0. The maximum atomic E-state index is 13.9. The second kappa shape index (κ2) is 10.4. The Labute approximate surface area is 199 Å². The molecule has 0 aliphatic rings. The molecule has 2 N–H and O–H groups in total. The van der Waals surface area contributed by atoms with Crippen molar-refractivity contribution in [3.8, 4) is 0 Å². The number of rotatable bonds is 7. The van der Waals surface area contributed by atoms with Crippen LogP contribution >= 0.6 is 23.1 Å². The Bertz CT molecular complexity index is 1280. The normalized spacial score (nSPS) is 11.6. The molecule has 4 rings (SSSR count). The largest absolute Gasteiger partial charge is 0.322 e. The molecule has 5 nitrogen and oxygen atoms in total. The smallest absolute Gasteiger partial charge is 0.258 e. The molecule has 0 saturated heterocycles. The van der Waals surface area contributed by atoms with Gasteiger partial charge in [-0.05, 0) is 42.8 Å². The van der Waals surface area contributed by atoms with Crippen molar-refractivity contribution in [1.29, 1.82) is 0 Å². The second-order valence-corrected chi connectivity index (χ2v) is 9.19. The van der Waals surface area contributed by atoms with E-state index in [0.717, 1.165) is 16.2 Å². The summed E-state index contributed by atoms with van der Waals surface area (Å²) >= 11 is 2.73. The highest BCUT2D eigenvalue weighted by Crippen LogP contribution is 2.37. The third-order valence-corrected chi connectivity index (χ3v) is 6.78. The first-order valence-electron chi connectivity index (χ1n) is 10.1. The summed E-state index contributed by atoms with van der Waals surface area (Å²) in [6.45, 7) is 1.87. The van der Waals surface area contributed by atoms with Gasteiger partial charge in [0, 0.05) is 16.0 Å². The first kappa shape index (κ1) is 22.7. The minimum atomic E-state index is -0.584. The molecule has 1 aromatic heterocycles. The van der Waals surface area contributed by atoms with Gasteiger partial charge in [0.05, 0.1) is 11.3 Å². The van der Waals surface area contributed by atoms with Gasteiger partial charge in [-0.2, -0.15) is 0 Å². The number of thioether (sulfide) groups is 1. The van der Waals surface area contributed by atoms with Crippen molar-refractivity contribution in [3.05, 3.63) is 107 Å². The van der Waals surface area contributed by atoms with Crippen LogP contribution in [-0.2, 0) is 4.79 Å². The lowest BCUT2D eigenvalue weighted by molar-refractivity contribution is -0.115. The Morgan fingerprint density at radius 1 is 0.970 bits per heavy atom. The van der Waals surface area contributed by atoms with Crippen molar-refractivity contribution < 1.29 is 14.0 Å². The number of anilines is 2. The molecular formula is C25H20FN3O2S2. The summed E-state index contributed by atoms with van der Waals surface area (Å²) < 4.78 is 13.9. The monoisotopic (exact) mass is 477 g/mol. The number of amides is 2. The highest BCUT2D eigenvalue weighted by Gasteiger charge is 2.23. The summed E-state index contributed by atoms with van der Waals surface area (Å²) in [6, 6.07) is 22.4. The van der Waals surface area contributed by atoms with Crippen molar-refractivity contribution in [1.82, 2.24) is 4.98 Å². The third kappa shape index (κ3) is 5.85. The number of benzene rings is 3. The van der Waals surface area contributed by atoms with E-state index in [1.165, 1.54) is 41.3 Å². The van der Waals surface area contributed by atoms with Crippen LogP contribution in [0, 0.1) is 12.7 Å². The number of aromatic nitrogens is 1. The molecular weight excluding hydrogens is 457 g/mol. The van der Waals surface area contributed by atoms with Crippen LogP contribution in [-0.4, -0.2) is 16.8 Å². The Morgan fingerprint density at radius 2 is 1.73 bits per heavy atom. The van der Waals surface area contributed by atoms with Gasteiger partial charge in [0.2, 0.25) is 5.91 Å². The predicted octanol–water partition coefficient (Wildman–Crippen LogP) is 6.32. The van der Waals surface area contributed by atoms with Gasteiger partial charge in [-0.1, -0.05) is 48.5 Å². The van der Waals surface area contributed by atoms with Gasteiger partial charge in [-0.25, -0.2) is 9.37 Å². The molecule has 0 bridgehead atoms. The van der Waals surface area contributed by atoms with Crippen LogP contribution in [0.5, 0.6) is 0 Å². The fourth-order valence-electron chi connectivity index (χ4n) is 3.11. The van der Waals surface area contributed by atoms with Crippen molar-refractivity contribution >= 4 is 45.7 Å². The first-order valence-corrected chi connectivity index (χ1v) is 11.9. The number of aryl methyl sites for hydroxylation is 1. The number of carbonyl (C=O) groups excluding carboxylic acids is 2. The Balaban J connectivity index is 1.54. The van der Waals surface area contributed by atoms with E-state index >= 15 is 0 Å². The summed E-state index contributed by atoms with van der Waals surface area (Å²) in [5, 5.41) is 7.50. The zero-order valence-corrected chi connectivity index (χ0v) is 19.3. The molecule has 3 aromatic carbocycles. The molecule has 0 spiro atoms. The molecule has 8 heteroatoms. The van der Waals surface area contributed by atoms with Crippen LogP contribution in [0.15, 0.2) is 89.1 Å². The molecule has 0 aliphatic carbocycles. The molecule has 0 radical (unpaired) electrons. The van der Waals surface area contributed by atoms with E-state index in [1.807, 2.05) is 48.7 Å². The van der Waals surface area contributed by atoms with Crippen molar-refractivity contribution in [2.75, 3.05) is 10.6 Å². The number of nitrogens with zero attached hydrogens (tertiary/aromatic N) is 1. The molecule has 0 fully saturated rings. The van der Waals surface area contributed by atoms with Crippen LogP contribution in [0.2, 0.25) is 0 Å². The van der Waals surface area contributed by atoms with Crippen molar-refractivity contribution in [3.63, 3.8) is 0 Å². The fourth-order valence-corrected chi connectivity index (χ4v) is 4.88. The van der Waals surface area contributed by atoms with Crippen LogP contribution in [0.25, 0.3) is 0 Å². The number of halogens is 1. The van der Waals surface area contributed by atoms with E-state index in [2.05, 4.69) is 15.6 Å². The second-order valence-electron chi connectivity index (χ2n) is 7.15. The lowest BCUT2D eigenvalue weighted by Crippen LogP contribution is -2.19. The molecule has 0 aliphatic heterocycles. The van der Waals surface area contributed by atoms with Gasteiger partial charge in [-0.15, -0.1) is 23.1 Å². The summed E-state index contributed by atoms with van der Waals surface area (Å²) in [5.74, 6) is -1.31. The van der Waals surface area contributed by atoms with E-state index in [1.54, 1.807) is 24.3 Å². The lowest BCUT2D eigenvalue weighted by Gasteiger charge is -2.17. The number of hydrogen-bond donors (Lipinski definition) is 2. The quantitative estimate of drug-likeness (QED) is 0.306. The van der Waals surface area contributed by atoms with Gasteiger partial charge < -0.3 is 10.6 Å². The van der Waals surface area contributed by atoms with Crippen molar-refractivity contribution in [2.24, 2.45) is 0 Å². The SMILES string of the molecule is Cc1csc(NC(=O)C(Sc2cccc(NC(=O)c3ccccc3F)c2)c2ccccc2)n1.